The van der Waals surface area contributed by atoms with E-state index in [1.807, 2.05) is 19.1 Å². The lowest BCUT2D eigenvalue weighted by atomic mass is 10.2. The minimum atomic E-state index is -0.515. The highest BCUT2D eigenvalue weighted by Gasteiger charge is 2.23. The lowest BCUT2D eigenvalue weighted by molar-refractivity contribution is -0.122. The van der Waals surface area contributed by atoms with Gasteiger partial charge < -0.3 is 10.1 Å². The van der Waals surface area contributed by atoms with Gasteiger partial charge in [-0.25, -0.2) is 4.79 Å². The third kappa shape index (κ3) is 4.06. The molecule has 0 saturated heterocycles. The van der Waals surface area contributed by atoms with Gasteiger partial charge in [0.1, 0.15) is 17.8 Å². The first-order valence-corrected chi connectivity index (χ1v) is 11.1. The lowest BCUT2D eigenvalue weighted by Gasteiger charge is -2.15. The Kier molecular flexibility index (Phi) is 6.16. The van der Waals surface area contributed by atoms with E-state index < -0.39 is 11.2 Å². The van der Waals surface area contributed by atoms with Gasteiger partial charge >= 0.3 is 5.69 Å². The van der Waals surface area contributed by atoms with E-state index in [2.05, 4.69) is 10.4 Å². The second kappa shape index (κ2) is 9.02. The van der Waals surface area contributed by atoms with Gasteiger partial charge in [-0.1, -0.05) is 25.0 Å². The van der Waals surface area contributed by atoms with Crippen molar-refractivity contribution < 1.29 is 9.53 Å². The minimum absolute atomic E-state index is 0.0930. The molecular weight excluding hydrogens is 410 g/mol. The Morgan fingerprint density at radius 3 is 2.44 bits per heavy atom. The summed E-state index contributed by atoms with van der Waals surface area (Å²) in [6.07, 6.45) is 4.12. The number of ether oxygens (including phenoxy) is 1. The topological polar surface area (TPSA) is 100 Å². The van der Waals surface area contributed by atoms with E-state index in [0.29, 0.717) is 29.0 Å². The molecule has 1 aliphatic rings. The number of carbonyl (C=O) groups excluding carboxylic acids is 1. The summed E-state index contributed by atoms with van der Waals surface area (Å²) < 4.78 is 9.35. The van der Waals surface area contributed by atoms with Crippen molar-refractivity contribution >= 4 is 16.9 Å². The van der Waals surface area contributed by atoms with E-state index in [1.165, 1.54) is 9.13 Å². The van der Waals surface area contributed by atoms with Crippen LogP contribution in [0, 0.1) is 6.92 Å². The van der Waals surface area contributed by atoms with Gasteiger partial charge in [0.2, 0.25) is 5.91 Å². The number of fused-ring (bicyclic) bond motifs is 1. The highest BCUT2D eigenvalue weighted by Crippen LogP contribution is 2.18. The van der Waals surface area contributed by atoms with Gasteiger partial charge in [0, 0.05) is 12.6 Å². The first-order chi connectivity index (χ1) is 15.4. The Hall–Kier alpha value is -3.36. The molecule has 1 aliphatic carbocycles. The van der Waals surface area contributed by atoms with Crippen molar-refractivity contribution in [1.29, 1.82) is 0 Å². The summed E-state index contributed by atoms with van der Waals surface area (Å²) in [7, 11) is 1.58. The third-order valence-corrected chi connectivity index (χ3v) is 6.10. The fourth-order valence-corrected chi connectivity index (χ4v) is 4.48. The number of nitrogens with one attached hydrogen (secondary N) is 1. The molecule has 2 aromatic heterocycles. The number of hydrogen-bond donors (Lipinski definition) is 1. The fourth-order valence-electron chi connectivity index (χ4n) is 4.48. The Balaban J connectivity index is 1.79. The van der Waals surface area contributed by atoms with Crippen LogP contribution in [0.15, 0.2) is 33.9 Å². The van der Waals surface area contributed by atoms with Crippen molar-refractivity contribution in [2.24, 2.45) is 0 Å². The number of amides is 1. The standard InChI is InChI=1S/C23H29N5O4/c1-4-28-21-20(15(2)25-28)26(14-19(29)24-17-7-5-6-8-17)23(31)27(22(21)30)13-16-9-11-18(32-3)12-10-16/h9-12,17H,4-8,13-14H2,1-3H3,(H,24,29). The number of hydrogen-bond acceptors (Lipinski definition) is 5. The molecule has 1 N–H and O–H groups in total. The molecule has 3 aromatic rings. The zero-order chi connectivity index (χ0) is 22.8. The zero-order valence-corrected chi connectivity index (χ0v) is 18.8. The van der Waals surface area contributed by atoms with Crippen LogP contribution in [0.5, 0.6) is 5.75 Å². The van der Waals surface area contributed by atoms with Crippen LogP contribution in [0.4, 0.5) is 0 Å². The number of carbonyl (C=O) groups is 1. The van der Waals surface area contributed by atoms with Gasteiger partial charge in [-0.3, -0.25) is 23.4 Å². The van der Waals surface area contributed by atoms with Crippen LogP contribution >= 0.6 is 0 Å². The molecule has 170 valence electrons. The van der Waals surface area contributed by atoms with Crippen molar-refractivity contribution in [3.05, 3.63) is 56.4 Å². The number of methoxy groups -OCH3 is 1. The predicted molar refractivity (Wildman–Crippen MR) is 121 cm³/mol. The van der Waals surface area contributed by atoms with Gasteiger partial charge in [0.05, 0.1) is 19.3 Å². The molecule has 4 rings (SSSR count). The first-order valence-electron chi connectivity index (χ1n) is 11.1. The van der Waals surface area contributed by atoms with E-state index >= 15 is 0 Å². The number of aromatic nitrogens is 4. The smallest absolute Gasteiger partial charge is 0.332 e. The number of aryl methyl sites for hydroxylation is 2. The molecule has 0 radical (unpaired) electrons. The van der Waals surface area contributed by atoms with Crippen LogP contribution in [0.3, 0.4) is 0 Å². The SMILES string of the molecule is CCn1nc(C)c2c1c(=O)n(Cc1ccc(OC)cc1)c(=O)n2CC(=O)NC1CCCC1. The summed E-state index contributed by atoms with van der Waals surface area (Å²) in [5.74, 6) is 0.468. The number of benzene rings is 1. The van der Waals surface area contributed by atoms with Crippen molar-refractivity contribution in [3.63, 3.8) is 0 Å². The average Bonchev–Trinajstić information content (AvgIpc) is 3.42. The van der Waals surface area contributed by atoms with E-state index in [0.717, 1.165) is 31.2 Å². The van der Waals surface area contributed by atoms with Gasteiger partial charge in [-0.15, -0.1) is 0 Å². The van der Waals surface area contributed by atoms with Gasteiger partial charge in [0.25, 0.3) is 5.56 Å². The summed E-state index contributed by atoms with van der Waals surface area (Å²) >= 11 is 0. The lowest BCUT2D eigenvalue weighted by Crippen LogP contribution is -2.44. The second-order valence-electron chi connectivity index (χ2n) is 8.26. The normalized spacial score (nSPS) is 14.2. The molecule has 0 spiro atoms. The van der Waals surface area contributed by atoms with Crippen LogP contribution in [0.2, 0.25) is 0 Å². The molecule has 1 saturated carbocycles. The first kappa shape index (κ1) is 21.9. The maximum atomic E-state index is 13.4. The van der Waals surface area contributed by atoms with Crippen molar-refractivity contribution in [2.75, 3.05) is 7.11 Å². The molecule has 1 aromatic carbocycles. The van der Waals surface area contributed by atoms with Gasteiger partial charge in [0.15, 0.2) is 5.52 Å². The van der Waals surface area contributed by atoms with Gasteiger partial charge in [-0.2, -0.15) is 5.10 Å². The minimum Gasteiger partial charge on any atom is -0.497 e. The molecule has 9 nitrogen and oxygen atoms in total. The van der Waals surface area contributed by atoms with E-state index in [9.17, 15) is 14.4 Å². The highest BCUT2D eigenvalue weighted by molar-refractivity contribution is 5.81. The monoisotopic (exact) mass is 439 g/mol. The summed E-state index contributed by atoms with van der Waals surface area (Å²) in [4.78, 5) is 39.6. The van der Waals surface area contributed by atoms with Crippen LogP contribution in [-0.4, -0.2) is 38.0 Å². The van der Waals surface area contributed by atoms with Crippen LogP contribution < -0.4 is 21.3 Å². The maximum Gasteiger partial charge on any atom is 0.332 e. The predicted octanol–water partition coefficient (Wildman–Crippen LogP) is 1.80. The van der Waals surface area contributed by atoms with E-state index in [-0.39, 0.29) is 25.0 Å². The summed E-state index contributed by atoms with van der Waals surface area (Å²) in [6.45, 7) is 4.07. The zero-order valence-electron chi connectivity index (χ0n) is 18.8. The molecular formula is C23H29N5O4. The Morgan fingerprint density at radius 1 is 1.12 bits per heavy atom. The largest absolute Gasteiger partial charge is 0.497 e. The van der Waals surface area contributed by atoms with E-state index in [1.54, 1.807) is 30.8 Å². The van der Waals surface area contributed by atoms with Crippen LogP contribution in [0.1, 0.15) is 43.9 Å². The molecule has 0 aliphatic heterocycles. The van der Waals surface area contributed by atoms with Crippen molar-refractivity contribution in [1.82, 2.24) is 24.2 Å². The number of rotatable bonds is 7. The molecule has 9 heteroatoms. The fraction of sp³-hybridized carbons (Fsp3) is 0.478. The van der Waals surface area contributed by atoms with Crippen LogP contribution in [-0.2, 0) is 24.4 Å². The molecule has 0 atom stereocenters. The molecule has 1 amide bonds. The average molecular weight is 440 g/mol. The summed E-state index contributed by atoms with van der Waals surface area (Å²) in [5.41, 5.74) is 1.18. The third-order valence-electron chi connectivity index (χ3n) is 6.10. The van der Waals surface area contributed by atoms with Crippen molar-refractivity contribution in [3.8, 4) is 5.75 Å². The van der Waals surface area contributed by atoms with Gasteiger partial charge in [-0.05, 0) is 44.4 Å². The van der Waals surface area contributed by atoms with Crippen LogP contribution in [0.25, 0.3) is 11.0 Å². The Morgan fingerprint density at radius 2 is 1.81 bits per heavy atom. The summed E-state index contributed by atoms with van der Waals surface area (Å²) in [5, 5.41) is 7.48. The highest BCUT2D eigenvalue weighted by atomic mass is 16.5. The molecule has 1 fully saturated rings. The number of nitrogens with zero attached hydrogens (tertiary/aromatic N) is 4. The molecule has 2 heterocycles. The van der Waals surface area contributed by atoms with E-state index in [4.69, 9.17) is 4.74 Å². The Bertz CT molecular complexity index is 1250. The maximum absolute atomic E-state index is 13.4. The Labute approximate surface area is 185 Å². The quantitative estimate of drug-likeness (QED) is 0.605. The summed E-state index contributed by atoms with van der Waals surface area (Å²) in [6, 6.07) is 7.35. The molecule has 0 unspecified atom stereocenters. The molecule has 32 heavy (non-hydrogen) atoms. The van der Waals surface area contributed by atoms with Crippen molar-refractivity contribution in [2.45, 2.75) is 65.2 Å². The second-order valence-corrected chi connectivity index (χ2v) is 8.26. The molecule has 0 bridgehead atoms.